The molecular weight excluding hydrogens is 379 g/mol. The molecule has 1 amide bonds. The maximum Gasteiger partial charge on any atom is 0.303 e. The molecule has 28 heavy (non-hydrogen) atoms. The van der Waals surface area contributed by atoms with Gasteiger partial charge >= 0.3 is 5.97 Å². The van der Waals surface area contributed by atoms with Gasteiger partial charge in [-0.1, -0.05) is 12.1 Å². The van der Waals surface area contributed by atoms with Crippen LogP contribution in [0.5, 0.6) is 0 Å². The maximum absolute atomic E-state index is 14.1. The predicted molar refractivity (Wildman–Crippen MR) is 105 cm³/mol. The van der Waals surface area contributed by atoms with E-state index in [2.05, 4.69) is 21.7 Å². The van der Waals surface area contributed by atoms with Gasteiger partial charge in [-0.3, -0.25) is 14.5 Å². The number of aliphatic carboxylic acids is 1. The molecule has 1 aromatic heterocycles. The molecule has 1 N–H and O–H groups in total. The zero-order valence-electron chi connectivity index (χ0n) is 15.5. The Morgan fingerprint density at radius 1 is 1.21 bits per heavy atom. The first-order chi connectivity index (χ1) is 13.5. The number of fused-ring (bicyclic) bond motifs is 1. The lowest BCUT2D eigenvalue weighted by Gasteiger charge is -2.29. The number of carboxylic acid groups (broad SMARTS) is 1. The van der Waals surface area contributed by atoms with E-state index in [1.165, 1.54) is 17.7 Å². The summed E-state index contributed by atoms with van der Waals surface area (Å²) >= 11 is 1.67. The van der Waals surface area contributed by atoms with Gasteiger partial charge in [-0.2, -0.15) is 11.3 Å². The highest BCUT2D eigenvalue weighted by Gasteiger charge is 2.53. The van der Waals surface area contributed by atoms with Crippen molar-refractivity contribution in [1.29, 1.82) is 0 Å². The average Bonchev–Trinajstić information content (AvgIpc) is 3.35. The normalized spacial score (nSPS) is 24.5. The number of amides is 1. The third kappa shape index (κ3) is 3.69. The van der Waals surface area contributed by atoms with Gasteiger partial charge in [-0.25, -0.2) is 4.39 Å². The Labute approximate surface area is 167 Å². The van der Waals surface area contributed by atoms with Crippen LogP contribution in [0.1, 0.15) is 28.8 Å². The molecule has 0 radical (unpaired) electrons. The lowest BCUT2D eigenvalue weighted by atomic mass is 9.77. The molecule has 2 aliphatic heterocycles. The molecule has 2 saturated heterocycles. The minimum atomic E-state index is -0.816. The fraction of sp³-hybridized carbons (Fsp3) is 0.429. The molecule has 2 aliphatic rings. The summed E-state index contributed by atoms with van der Waals surface area (Å²) in [5, 5.41) is 13.4. The second-order valence-corrected chi connectivity index (χ2v) is 8.70. The van der Waals surface area contributed by atoms with E-state index >= 15 is 0 Å². The van der Waals surface area contributed by atoms with Crippen molar-refractivity contribution >= 4 is 23.2 Å². The fourth-order valence-corrected chi connectivity index (χ4v) is 5.38. The van der Waals surface area contributed by atoms with Crippen LogP contribution >= 0.6 is 11.3 Å². The molecule has 7 heteroatoms. The molecule has 148 valence electrons. The number of carboxylic acids is 1. The van der Waals surface area contributed by atoms with Crippen LogP contribution in [0.4, 0.5) is 4.39 Å². The smallest absolute Gasteiger partial charge is 0.303 e. The van der Waals surface area contributed by atoms with Crippen LogP contribution in [0.25, 0.3) is 0 Å². The average molecular weight is 402 g/mol. The lowest BCUT2D eigenvalue weighted by molar-refractivity contribution is -0.137. The number of carbonyl (C=O) groups is 2. The van der Waals surface area contributed by atoms with E-state index in [4.69, 9.17) is 0 Å². The summed E-state index contributed by atoms with van der Waals surface area (Å²) in [5.41, 5.74) is 1.11. The SMILES string of the molecule is O=C(O)CCC12CN(Cc3ccsc3)CC1CN(C(=O)c1ccccc1F)C2. The Bertz CT molecular complexity index is 872. The van der Waals surface area contributed by atoms with E-state index in [1.807, 2.05) is 0 Å². The monoisotopic (exact) mass is 402 g/mol. The Balaban J connectivity index is 1.51. The molecule has 0 spiro atoms. The largest absolute Gasteiger partial charge is 0.481 e. The summed E-state index contributed by atoms with van der Waals surface area (Å²) in [4.78, 5) is 28.2. The van der Waals surface area contributed by atoms with Crippen molar-refractivity contribution in [2.45, 2.75) is 19.4 Å². The number of hydrogen-bond acceptors (Lipinski definition) is 4. The molecule has 2 atom stereocenters. The van der Waals surface area contributed by atoms with E-state index in [9.17, 15) is 19.1 Å². The first-order valence-electron chi connectivity index (χ1n) is 9.46. The number of halogens is 1. The molecule has 2 unspecified atom stereocenters. The van der Waals surface area contributed by atoms with Crippen LogP contribution in [0, 0.1) is 17.2 Å². The lowest BCUT2D eigenvalue weighted by Crippen LogP contribution is -2.37. The van der Waals surface area contributed by atoms with E-state index in [1.54, 1.807) is 28.4 Å². The minimum Gasteiger partial charge on any atom is -0.481 e. The van der Waals surface area contributed by atoms with Gasteiger partial charge in [0.05, 0.1) is 5.56 Å². The Kier molecular flexibility index (Phi) is 5.21. The van der Waals surface area contributed by atoms with Crippen molar-refractivity contribution in [3.05, 3.63) is 58.0 Å². The second-order valence-electron chi connectivity index (χ2n) is 7.92. The van der Waals surface area contributed by atoms with Crippen molar-refractivity contribution < 1.29 is 19.1 Å². The number of rotatable bonds is 6. The Hall–Kier alpha value is -2.25. The molecule has 5 nitrogen and oxygen atoms in total. The van der Waals surface area contributed by atoms with E-state index < -0.39 is 11.8 Å². The zero-order chi connectivity index (χ0) is 19.7. The third-order valence-electron chi connectivity index (χ3n) is 6.04. The fourth-order valence-electron chi connectivity index (χ4n) is 4.72. The first-order valence-corrected chi connectivity index (χ1v) is 10.4. The van der Waals surface area contributed by atoms with Gasteiger partial charge in [0.15, 0.2) is 0 Å². The molecular formula is C21H23FN2O3S. The summed E-state index contributed by atoms with van der Waals surface area (Å²) in [6, 6.07) is 8.15. The molecule has 0 bridgehead atoms. The van der Waals surface area contributed by atoms with E-state index in [0.29, 0.717) is 19.5 Å². The summed E-state index contributed by atoms with van der Waals surface area (Å²) < 4.78 is 14.1. The number of likely N-dealkylation sites (tertiary alicyclic amines) is 2. The van der Waals surface area contributed by atoms with Crippen LogP contribution in [0.2, 0.25) is 0 Å². The number of benzene rings is 1. The highest BCUT2D eigenvalue weighted by atomic mass is 32.1. The molecule has 0 saturated carbocycles. The van der Waals surface area contributed by atoms with Gasteiger partial charge in [0.2, 0.25) is 0 Å². The molecule has 0 aliphatic carbocycles. The van der Waals surface area contributed by atoms with Gasteiger partial charge in [-0.15, -0.1) is 0 Å². The molecule has 4 rings (SSSR count). The van der Waals surface area contributed by atoms with Gasteiger partial charge in [-0.05, 0) is 46.9 Å². The van der Waals surface area contributed by atoms with Crippen LogP contribution < -0.4 is 0 Å². The van der Waals surface area contributed by atoms with Crippen LogP contribution in [0.15, 0.2) is 41.1 Å². The van der Waals surface area contributed by atoms with Gasteiger partial charge in [0.25, 0.3) is 5.91 Å². The Morgan fingerprint density at radius 3 is 2.75 bits per heavy atom. The Morgan fingerprint density at radius 2 is 2.04 bits per heavy atom. The maximum atomic E-state index is 14.1. The van der Waals surface area contributed by atoms with Crippen molar-refractivity contribution in [3.8, 4) is 0 Å². The van der Waals surface area contributed by atoms with Gasteiger partial charge in [0, 0.05) is 44.6 Å². The van der Waals surface area contributed by atoms with Gasteiger partial charge < -0.3 is 10.0 Å². The second kappa shape index (κ2) is 7.64. The van der Waals surface area contributed by atoms with Crippen LogP contribution in [-0.4, -0.2) is 53.0 Å². The minimum absolute atomic E-state index is 0.0878. The van der Waals surface area contributed by atoms with E-state index in [-0.39, 0.29) is 29.2 Å². The van der Waals surface area contributed by atoms with Crippen molar-refractivity contribution in [1.82, 2.24) is 9.80 Å². The van der Waals surface area contributed by atoms with Crippen molar-refractivity contribution in [3.63, 3.8) is 0 Å². The molecule has 3 heterocycles. The quantitative estimate of drug-likeness (QED) is 0.805. The van der Waals surface area contributed by atoms with E-state index in [0.717, 1.165) is 19.6 Å². The van der Waals surface area contributed by atoms with Crippen LogP contribution in [-0.2, 0) is 11.3 Å². The summed E-state index contributed by atoms with van der Waals surface area (Å²) in [7, 11) is 0. The van der Waals surface area contributed by atoms with Crippen molar-refractivity contribution in [2.75, 3.05) is 26.2 Å². The molecule has 1 aromatic carbocycles. The summed E-state index contributed by atoms with van der Waals surface area (Å²) in [5.74, 6) is -1.42. The first kappa shape index (κ1) is 19.1. The van der Waals surface area contributed by atoms with Gasteiger partial charge in [0.1, 0.15) is 5.82 Å². The topological polar surface area (TPSA) is 60.9 Å². The summed E-state index contributed by atoms with van der Waals surface area (Å²) in [6.07, 6.45) is 0.624. The third-order valence-corrected chi connectivity index (χ3v) is 6.78. The molecule has 2 fully saturated rings. The number of thiophene rings is 1. The number of carbonyl (C=O) groups excluding carboxylic acids is 1. The zero-order valence-corrected chi connectivity index (χ0v) is 16.3. The predicted octanol–water partition coefficient (Wildman–Crippen LogP) is 3.33. The van der Waals surface area contributed by atoms with Crippen molar-refractivity contribution in [2.24, 2.45) is 11.3 Å². The highest BCUT2D eigenvalue weighted by Crippen LogP contribution is 2.46. The standard InChI is InChI=1S/C21H23FN2O3S/c22-18-4-2-1-3-17(18)20(27)24-11-16-10-23(9-15-6-8-28-12-15)13-21(16,14-24)7-5-19(25)26/h1-4,6,8,12,16H,5,7,9-11,13-14H2,(H,25,26). The summed E-state index contributed by atoms with van der Waals surface area (Å²) in [6.45, 7) is 3.47. The number of nitrogens with zero attached hydrogens (tertiary/aromatic N) is 2. The van der Waals surface area contributed by atoms with Crippen LogP contribution in [0.3, 0.4) is 0 Å². The molecule has 2 aromatic rings. The highest BCUT2D eigenvalue weighted by molar-refractivity contribution is 7.07. The number of hydrogen-bond donors (Lipinski definition) is 1.